The number of aldehydes is 1. The van der Waals surface area contributed by atoms with Crippen molar-refractivity contribution in [2.75, 3.05) is 6.61 Å². The topological polar surface area (TPSA) is 63.6 Å². The highest BCUT2D eigenvalue weighted by atomic mass is 16.5. The van der Waals surface area contributed by atoms with Crippen LogP contribution in [-0.4, -0.2) is 24.0 Å². The van der Waals surface area contributed by atoms with Crippen molar-refractivity contribution in [3.63, 3.8) is 0 Å². The molecule has 0 fully saturated rings. The molecule has 0 heterocycles. The van der Waals surface area contributed by atoms with Crippen LogP contribution in [0, 0.1) is 0 Å². The van der Waals surface area contributed by atoms with E-state index in [9.17, 15) is 9.59 Å². The Morgan fingerprint density at radius 1 is 1.50 bits per heavy atom. The normalized spacial score (nSPS) is 10.3. The van der Waals surface area contributed by atoms with E-state index in [1.807, 2.05) is 6.92 Å². The zero-order valence-electron chi connectivity index (χ0n) is 8.84. The van der Waals surface area contributed by atoms with Gasteiger partial charge in [-0.25, -0.2) is 4.79 Å². The van der Waals surface area contributed by atoms with E-state index < -0.39 is 5.97 Å². The van der Waals surface area contributed by atoms with Crippen molar-refractivity contribution in [2.45, 2.75) is 6.92 Å². The minimum absolute atomic E-state index is 0.411. The van der Waals surface area contributed by atoms with E-state index in [0.29, 0.717) is 29.8 Å². The largest absolute Gasteiger partial charge is 0.493 e. The molecule has 1 N–H and O–H groups in total. The van der Waals surface area contributed by atoms with E-state index in [1.165, 1.54) is 6.08 Å². The van der Waals surface area contributed by atoms with Crippen molar-refractivity contribution in [3.8, 4) is 5.75 Å². The third kappa shape index (κ3) is 3.24. The smallest absolute Gasteiger partial charge is 0.328 e. The van der Waals surface area contributed by atoms with Gasteiger partial charge >= 0.3 is 5.97 Å². The molecule has 0 aliphatic carbocycles. The van der Waals surface area contributed by atoms with Gasteiger partial charge in [-0.15, -0.1) is 0 Å². The molecular formula is C12H12O4. The van der Waals surface area contributed by atoms with Crippen LogP contribution in [0.1, 0.15) is 22.8 Å². The molecule has 16 heavy (non-hydrogen) atoms. The maximum Gasteiger partial charge on any atom is 0.328 e. The monoisotopic (exact) mass is 220 g/mol. The number of carbonyl (C=O) groups is 2. The summed E-state index contributed by atoms with van der Waals surface area (Å²) in [6.45, 7) is 2.30. The van der Waals surface area contributed by atoms with Gasteiger partial charge < -0.3 is 9.84 Å². The number of ether oxygens (including phenoxy) is 1. The molecule has 0 saturated carbocycles. The molecule has 0 bridgehead atoms. The van der Waals surface area contributed by atoms with E-state index in [2.05, 4.69) is 0 Å². The van der Waals surface area contributed by atoms with Crippen LogP contribution in [0.4, 0.5) is 0 Å². The molecular weight excluding hydrogens is 208 g/mol. The lowest BCUT2D eigenvalue weighted by Gasteiger charge is -2.06. The first-order valence-corrected chi connectivity index (χ1v) is 4.80. The molecule has 0 unspecified atom stereocenters. The standard InChI is InChI=1S/C12H12O4/c1-2-16-11-5-3-9(4-6-12(14)15)7-10(11)8-13/h3-8H,2H2,1H3,(H,14,15). The minimum atomic E-state index is -1.03. The second-order valence-electron chi connectivity index (χ2n) is 3.02. The summed E-state index contributed by atoms with van der Waals surface area (Å²) in [6, 6.07) is 4.92. The van der Waals surface area contributed by atoms with Crippen LogP contribution < -0.4 is 4.74 Å². The molecule has 0 aromatic heterocycles. The summed E-state index contributed by atoms with van der Waals surface area (Å²) in [5, 5.41) is 8.46. The first kappa shape index (κ1) is 12.0. The van der Waals surface area contributed by atoms with Crippen molar-refractivity contribution in [1.29, 1.82) is 0 Å². The fourth-order valence-electron chi connectivity index (χ4n) is 1.22. The van der Waals surface area contributed by atoms with E-state index in [4.69, 9.17) is 9.84 Å². The van der Waals surface area contributed by atoms with E-state index in [0.717, 1.165) is 6.08 Å². The Bertz CT molecular complexity index is 421. The number of carboxylic acids is 1. The van der Waals surface area contributed by atoms with Gasteiger partial charge in [-0.2, -0.15) is 0 Å². The molecule has 1 aromatic carbocycles. The van der Waals surface area contributed by atoms with Gasteiger partial charge in [-0.3, -0.25) is 4.79 Å². The fourth-order valence-corrected chi connectivity index (χ4v) is 1.22. The highest BCUT2D eigenvalue weighted by molar-refractivity contribution is 5.86. The maximum absolute atomic E-state index is 10.8. The van der Waals surface area contributed by atoms with Crippen LogP contribution in [-0.2, 0) is 4.79 Å². The molecule has 0 radical (unpaired) electrons. The number of carboxylic acid groups (broad SMARTS) is 1. The summed E-state index contributed by atoms with van der Waals surface area (Å²) < 4.78 is 5.24. The Hall–Kier alpha value is -2.10. The van der Waals surface area contributed by atoms with Gasteiger partial charge in [0.1, 0.15) is 5.75 Å². The Morgan fingerprint density at radius 2 is 2.25 bits per heavy atom. The molecule has 0 atom stereocenters. The SMILES string of the molecule is CCOc1ccc(C=CC(=O)O)cc1C=O. The number of hydrogen-bond acceptors (Lipinski definition) is 3. The van der Waals surface area contributed by atoms with E-state index in [-0.39, 0.29) is 0 Å². The van der Waals surface area contributed by atoms with Crippen LogP contribution in [0.5, 0.6) is 5.75 Å². The van der Waals surface area contributed by atoms with Crippen LogP contribution in [0.25, 0.3) is 6.08 Å². The molecule has 4 nitrogen and oxygen atoms in total. The Labute approximate surface area is 93.2 Å². The first-order valence-electron chi connectivity index (χ1n) is 4.80. The number of aliphatic carboxylic acids is 1. The van der Waals surface area contributed by atoms with Gasteiger partial charge in [0.05, 0.1) is 12.2 Å². The predicted octanol–water partition coefficient (Wildman–Crippen LogP) is 2.00. The van der Waals surface area contributed by atoms with Gasteiger partial charge in [0.2, 0.25) is 0 Å². The van der Waals surface area contributed by atoms with Crippen molar-refractivity contribution >= 4 is 18.3 Å². The molecule has 0 aliphatic heterocycles. The Balaban J connectivity index is 2.99. The lowest BCUT2D eigenvalue weighted by Crippen LogP contribution is -1.96. The van der Waals surface area contributed by atoms with Crippen LogP contribution in [0.3, 0.4) is 0 Å². The molecule has 0 spiro atoms. The lowest BCUT2D eigenvalue weighted by atomic mass is 10.1. The molecule has 4 heteroatoms. The van der Waals surface area contributed by atoms with Gasteiger partial charge in [0.25, 0.3) is 0 Å². The zero-order chi connectivity index (χ0) is 12.0. The van der Waals surface area contributed by atoms with Crippen LogP contribution in [0.2, 0.25) is 0 Å². The van der Waals surface area contributed by atoms with Gasteiger partial charge in [0.15, 0.2) is 6.29 Å². The van der Waals surface area contributed by atoms with E-state index >= 15 is 0 Å². The third-order valence-electron chi connectivity index (χ3n) is 1.88. The van der Waals surface area contributed by atoms with Crippen molar-refractivity contribution in [1.82, 2.24) is 0 Å². The summed E-state index contributed by atoms with van der Waals surface area (Å²) >= 11 is 0. The van der Waals surface area contributed by atoms with E-state index in [1.54, 1.807) is 18.2 Å². The highest BCUT2D eigenvalue weighted by Gasteiger charge is 2.02. The van der Waals surface area contributed by atoms with Crippen molar-refractivity contribution in [2.24, 2.45) is 0 Å². The molecule has 0 aliphatic rings. The molecule has 84 valence electrons. The van der Waals surface area contributed by atoms with Crippen LogP contribution >= 0.6 is 0 Å². The number of benzene rings is 1. The van der Waals surface area contributed by atoms with Gasteiger partial charge in [0, 0.05) is 6.08 Å². The van der Waals surface area contributed by atoms with Crippen molar-refractivity contribution in [3.05, 3.63) is 35.4 Å². The minimum Gasteiger partial charge on any atom is -0.493 e. The summed E-state index contributed by atoms with van der Waals surface area (Å²) in [5.74, 6) is -0.522. The van der Waals surface area contributed by atoms with Crippen molar-refractivity contribution < 1.29 is 19.4 Å². The summed E-state index contributed by atoms with van der Waals surface area (Å²) in [5.41, 5.74) is 1.06. The molecule has 0 amide bonds. The Kier molecular flexibility index (Phi) is 4.27. The second-order valence-corrected chi connectivity index (χ2v) is 3.02. The predicted molar refractivity (Wildman–Crippen MR) is 59.7 cm³/mol. The fraction of sp³-hybridized carbons (Fsp3) is 0.167. The number of rotatable bonds is 5. The maximum atomic E-state index is 10.8. The molecule has 0 saturated heterocycles. The highest BCUT2D eigenvalue weighted by Crippen LogP contribution is 2.19. The summed E-state index contributed by atoms with van der Waals surface area (Å²) in [4.78, 5) is 21.1. The number of carbonyl (C=O) groups excluding carboxylic acids is 1. The van der Waals surface area contributed by atoms with Gasteiger partial charge in [-0.05, 0) is 30.7 Å². The lowest BCUT2D eigenvalue weighted by molar-refractivity contribution is -0.131. The molecule has 1 aromatic rings. The average Bonchev–Trinajstić information content (AvgIpc) is 2.28. The summed E-state index contributed by atoms with van der Waals surface area (Å²) in [6.07, 6.45) is 3.12. The first-order chi connectivity index (χ1) is 7.67. The second kappa shape index (κ2) is 5.70. The third-order valence-corrected chi connectivity index (χ3v) is 1.88. The average molecular weight is 220 g/mol. The van der Waals surface area contributed by atoms with Gasteiger partial charge in [-0.1, -0.05) is 6.07 Å². The molecule has 1 rings (SSSR count). The quantitative estimate of drug-likeness (QED) is 0.608. The number of hydrogen-bond donors (Lipinski definition) is 1. The van der Waals surface area contributed by atoms with Crippen LogP contribution in [0.15, 0.2) is 24.3 Å². The Morgan fingerprint density at radius 3 is 2.81 bits per heavy atom. The zero-order valence-corrected chi connectivity index (χ0v) is 8.84. The summed E-state index contributed by atoms with van der Waals surface area (Å²) in [7, 11) is 0.